The van der Waals surface area contributed by atoms with Gasteiger partial charge in [0.25, 0.3) is 0 Å². The fourth-order valence-corrected chi connectivity index (χ4v) is 2.11. The van der Waals surface area contributed by atoms with Gasteiger partial charge >= 0.3 is 0 Å². The maximum atomic E-state index is 11.4. The van der Waals surface area contributed by atoms with Gasteiger partial charge in [-0.3, -0.25) is 4.79 Å². The first-order valence-corrected chi connectivity index (χ1v) is 6.33. The topological polar surface area (TPSA) is 68.0 Å². The molecule has 1 aromatic rings. The molecule has 1 atom stereocenters. The van der Waals surface area contributed by atoms with Crippen molar-refractivity contribution >= 4 is 17.2 Å². The van der Waals surface area contributed by atoms with E-state index >= 15 is 0 Å². The molecule has 1 unspecified atom stereocenters. The second-order valence-electron chi connectivity index (χ2n) is 4.28. The first-order chi connectivity index (χ1) is 7.49. The summed E-state index contributed by atoms with van der Waals surface area (Å²) in [5, 5.41) is 5.80. The molecule has 0 spiro atoms. The molecule has 0 radical (unpaired) electrons. The molecule has 3 N–H and O–H groups in total. The van der Waals surface area contributed by atoms with E-state index in [1.54, 1.807) is 11.3 Å². The molecule has 1 amide bonds. The molecule has 16 heavy (non-hydrogen) atoms. The van der Waals surface area contributed by atoms with Crippen LogP contribution in [0.5, 0.6) is 0 Å². The van der Waals surface area contributed by atoms with E-state index in [0.717, 1.165) is 10.7 Å². The fourth-order valence-electron chi connectivity index (χ4n) is 1.21. The third-order valence-corrected chi connectivity index (χ3v) is 2.97. The van der Waals surface area contributed by atoms with Crippen LogP contribution in [0.4, 0.5) is 0 Å². The first-order valence-electron chi connectivity index (χ1n) is 5.45. The molecule has 0 aliphatic carbocycles. The number of aromatic nitrogens is 1. The largest absolute Gasteiger partial charge is 0.350 e. The van der Waals surface area contributed by atoms with Crippen LogP contribution in [-0.2, 0) is 11.3 Å². The summed E-state index contributed by atoms with van der Waals surface area (Å²) in [7, 11) is 0. The Kier molecular flexibility index (Phi) is 4.89. The Hall–Kier alpha value is -0.940. The second-order valence-corrected chi connectivity index (χ2v) is 5.22. The highest BCUT2D eigenvalue weighted by molar-refractivity contribution is 7.09. The highest BCUT2D eigenvalue weighted by Gasteiger charge is 2.08. The van der Waals surface area contributed by atoms with E-state index in [2.05, 4.69) is 24.1 Å². The summed E-state index contributed by atoms with van der Waals surface area (Å²) in [6.07, 6.45) is 0.364. The van der Waals surface area contributed by atoms with E-state index in [9.17, 15) is 4.79 Å². The lowest BCUT2D eigenvalue weighted by Crippen LogP contribution is -2.29. The van der Waals surface area contributed by atoms with Crippen LogP contribution >= 0.6 is 11.3 Å². The van der Waals surface area contributed by atoms with Gasteiger partial charge in [-0.2, -0.15) is 0 Å². The van der Waals surface area contributed by atoms with Crippen LogP contribution in [0.15, 0.2) is 5.38 Å². The minimum atomic E-state index is -0.0949. The standard InChI is InChI=1S/C11H19N3OS/c1-7(2)9-6-16-11(14-9)5-13-10(15)4-8(3)12/h6-8H,4-5,12H2,1-3H3,(H,13,15). The van der Waals surface area contributed by atoms with E-state index < -0.39 is 0 Å². The maximum absolute atomic E-state index is 11.4. The number of hydrogen-bond acceptors (Lipinski definition) is 4. The van der Waals surface area contributed by atoms with Crippen molar-refractivity contribution in [3.63, 3.8) is 0 Å². The Balaban J connectivity index is 2.39. The summed E-state index contributed by atoms with van der Waals surface area (Å²) in [5.74, 6) is 0.418. The van der Waals surface area contributed by atoms with Crippen LogP contribution in [0.2, 0.25) is 0 Å². The molecule has 4 nitrogen and oxygen atoms in total. The number of nitrogens with two attached hydrogens (primary N) is 1. The van der Waals surface area contributed by atoms with Crippen LogP contribution < -0.4 is 11.1 Å². The van der Waals surface area contributed by atoms with Crippen LogP contribution in [0.1, 0.15) is 43.8 Å². The Labute approximate surface area is 100 Å². The Bertz CT molecular complexity index is 347. The lowest BCUT2D eigenvalue weighted by molar-refractivity contribution is -0.121. The highest BCUT2D eigenvalue weighted by atomic mass is 32.1. The Morgan fingerprint density at radius 3 is 2.75 bits per heavy atom. The third-order valence-electron chi connectivity index (χ3n) is 2.11. The van der Waals surface area contributed by atoms with Gasteiger partial charge in [-0.15, -0.1) is 11.3 Å². The first kappa shape index (κ1) is 13.1. The molecule has 1 heterocycles. The van der Waals surface area contributed by atoms with Crippen LogP contribution in [0.3, 0.4) is 0 Å². The average Bonchev–Trinajstić information content (AvgIpc) is 2.61. The number of thiazole rings is 1. The number of amides is 1. The molecular formula is C11H19N3OS. The molecule has 90 valence electrons. The second kappa shape index (κ2) is 5.96. The molecule has 1 aromatic heterocycles. The van der Waals surface area contributed by atoms with Crippen molar-refractivity contribution in [2.45, 2.75) is 45.7 Å². The summed E-state index contributed by atoms with van der Waals surface area (Å²) in [6.45, 7) is 6.53. The lowest BCUT2D eigenvalue weighted by atomic mass is 10.2. The molecule has 0 bridgehead atoms. The molecule has 0 aliphatic heterocycles. The fraction of sp³-hybridized carbons (Fsp3) is 0.636. The zero-order valence-corrected chi connectivity index (χ0v) is 10.8. The highest BCUT2D eigenvalue weighted by Crippen LogP contribution is 2.17. The number of nitrogens with one attached hydrogen (secondary N) is 1. The van der Waals surface area contributed by atoms with Gasteiger partial charge in [-0.05, 0) is 12.8 Å². The predicted molar refractivity (Wildman–Crippen MR) is 66.3 cm³/mol. The molecule has 1 rings (SSSR count). The van der Waals surface area contributed by atoms with Crippen LogP contribution in [-0.4, -0.2) is 16.9 Å². The lowest BCUT2D eigenvalue weighted by Gasteiger charge is -2.05. The molecule has 0 saturated heterocycles. The normalized spacial score (nSPS) is 12.8. The van der Waals surface area contributed by atoms with Crippen molar-refractivity contribution < 1.29 is 4.79 Å². The number of carbonyl (C=O) groups is 1. The van der Waals surface area contributed by atoms with Gasteiger partial charge in [-0.25, -0.2) is 4.98 Å². The summed E-state index contributed by atoms with van der Waals surface area (Å²) in [4.78, 5) is 15.8. The van der Waals surface area contributed by atoms with Gasteiger partial charge in [0.1, 0.15) is 5.01 Å². The smallest absolute Gasteiger partial charge is 0.221 e. The minimum absolute atomic E-state index is 0.0173. The quantitative estimate of drug-likeness (QED) is 0.823. The van der Waals surface area contributed by atoms with Gasteiger partial charge < -0.3 is 11.1 Å². The molecule has 5 heteroatoms. The third kappa shape index (κ3) is 4.28. The number of rotatable bonds is 5. The van der Waals surface area contributed by atoms with Gasteiger partial charge in [0.05, 0.1) is 12.2 Å². The van der Waals surface area contributed by atoms with Crippen molar-refractivity contribution in [1.29, 1.82) is 0 Å². The SMILES string of the molecule is CC(N)CC(=O)NCc1nc(C(C)C)cs1. The van der Waals surface area contributed by atoms with Crippen molar-refractivity contribution in [2.75, 3.05) is 0 Å². The maximum Gasteiger partial charge on any atom is 0.221 e. The van der Waals surface area contributed by atoms with Crippen molar-refractivity contribution in [3.8, 4) is 0 Å². The monoisotopic (exact) mass is 241 g/mol. The Morgan fingerprint density at radius 2 is 2.25 bits per heavy atom. The van der Waals surface area contributed by atoms with E-state index in [1.165, 1.54) is 0 Å². The zero-order chi connectivity index (χ0) is 12.1. The van der Waals surface area contributed by atoms with Crippen LogP contribution in [0, 0.1) is 0 Å². The average molecular weight is 241 g/mol. The van der Waals surface area contributed by atoms with Gasteiger partial charge in [0.2, 0.25) is 5.91 Å². The molecular weight excluding hydrogens is 222 g/mol. The van der Waals surface area contributed by atoms with Crippen molar-refractivity contribution in [2.24, 2.45) is 5.73 Å². The molecule has 0 fully saturated rings. The summed E-state index contributed by atoms with van der Waals surface area (Å²) < 4.78 is 0. The van der Waals surface area contributed by atoms with Crippen molar-refractivity contribution in [1.82, 2.24) is 10.3 Å². The number of carbonyl (C=O) groups excluding carboxylic acids is 1. The predicted octanol–water partition coefficient (Wildman–Crippen LogP) is 1.62. The minimum Gasteiger partial charge on any atom is -0.350 e. The summed E-state index contributed by atoms with van der Waals surface area (Å²) in [6, 6.07) is -0.0949. The zero-order valence-electron chi connectivity index (χ0n) is 9.99. The van der Waals surface area contributed by atoms with E-state index in [1.807, 2.05) is 12.3 Å². The van der Waals surface area contributed by atoms with E-state index in [0.29, 0.717) is 18.9 Å². The number of nitrogens with zero attached hydrogens (tertiary/aromatic N) is 1. The molecule has 0 aliphatic rings. The summed E-state index contributed by atoms with van der Waals surface area (Å²) >= 11 is 1.58. The van der Waals surface area contributed by atoms with Crippen molar-refractivity contribution in [3.05, 3.63) is 16.1 Å². The molecule has 0 saturated carbocycles. The Morgan fingerprint density at radius 1 is 1.56 bits per heavy atom. The van der Waals surface area contributed by atoms with Gasteiger partial charge in [-0.1, -0.05) is 13.8 Å². The van der Waals surface area contributed by atoms with Crippen LogP contribution in [0.25, 0.3) is 0 Å². The van der Waals surface area contributed by atoms with E-state index in [4.69, 9.17) is 5.73 Å². The summed E-state index contributed by atoms with van der Waals surface area (Å²) in [5.41, 5.74) is 6.62. The molecule has 0 aromatic carbocycles. The van der Waals surface area contributed by atoms with Gasteiger partial charge in [0.15, 0.2) is 0 Å². The van der Waals surface area contributed by atoms with E-state index in [-0.39, 0.29) is 11.9 Å². The number of hydrogen-bond donors (Lipinski definition) is 2. The van der Waals surface area contributed by atoms with Gasteiger partial charge in [0, 0.05) is 17.8 Å².